The summed E-state index contributed by atoms with van der Waals surface area (Å²) in [5.41, 5.74) is 2.46. The van der Waals surface area contributed by atoms with Crippen LogP contribution in [-0.2, 0) is 11.3 Å². The van der Waals surface area contributed by atoms with E-state index in [1.807, 2.05) is 70.4 Å². The number of para-hydroxylation sites is 1. The van der Waals surface area contributed by atoms with Crippen LogP contribution in [0, 0.1) is 5.92 Å². The van der Waals surface area contributed by atoms with Crippen molar-refractivity contribution in [1.29, 1.82) is 0 Å². The average molecular weight is 494 g/mol. The second kappa shape index (κ2) is 9.77. The number of nitrogens with one attached hydrogen (secondary N) is 2. The van der Waals surface area contributed by atoms with E-state index in [4.69, 9.17) is 9.84 Å². The molecular formula is C28H27N7O2. The maximum absolute atomic E-state index is 12.0. The molecule has 0 radical (unpaired) electrons. The summed E-state index contributed by atoms with van der Waals surface area (Å²) in [5, 5.41) is 10.3. The van der Waals surface area contributed by atoms with Gasteiger partial charge in [0.2, 0.25) is 5.91 Å². The van der Waals surface area contributed by atoms with Gasteiger partial charge in [0, 0.05) is 31.5 Å². The first kappa shape index (κ1) is 22.8. The van der Waals surface area contributed by atoms with Crippen LogP contribution in [-0.4, -0.2) is 48.6 Å². The van der Waals surface area contributed by atoms with Gasteiger partial charge in [-0.1, -0.05) is 24.8 Å². The van der Waals surface area contributed by atoms with Gasteiger partial charge in [-0.15, -0.1) is 0 Å². The van der Waals surface area contributed by atoms with Crippen molar-refractivity contribution in [2.45, 2.75) is 19.4 Å². The van der Waals surface area contributed by atoms with Crippen molar-refractivity contribution in [3.8, 4) is 11.5 Å². The summed E-state index contributed by atoms with van der Waals surface area (Å²) in [6.07, 6.45) is 6.68. The third kappa shape index (κ3) is 4.63. The number of anilines is 2. The van der Waals surface area contributed by atoms with E-state index < -0.39 is 0 Å². The third-order valence-electron chi connectivity index (χ3n) is 6.79. The molecule has 0 aliphatic carbocycles. The number of likely N-dealkylation sites (tertiary alicyclic amines) is 1. The molecule has 2 aromatic carbocycles. The number of nitrogens with zero attached hydrogens (tertiary/aromatic N) is 5. The minimum Gasteiger partial charge on any atom is -0.457 e. The predicted molar refractivity (Wildman–Crippen MR) is 143 cm³/mol. The van der Waals surface area contributed by atoms with Crippen LogP contribution in [0.3, 0.4) is 0 Å². The number of hydrogen-bond donors (Lipinski definition) is 2. The molecule has 0 bridgehead atoms. The maximum Gasteiger partial charge on any atom is 0.245 e. The number of benzene rings is 2. The molecule has 1 aliphatic heterocycles. The van der Waals surface area contributed by atoms with E-state index in [0.717, 1.165) is 65.2 Å². The molecule has 0 spiro atoms. The Bertz CT molecular complexity index is 1550. The number of piperidine rings is 1. The number of rotatable bonds is 7. The smallest absolute Gasteiger partial charge is 0.245 e. The molecule has 0 atom stereocenters. The SMILES string of the molecule is C=CC(=O)N1CCC(Cn2nc(Nc3ccc(Oc4ccccc4)cc3)c3cnc4[nH]cnc2c43)CC1. The van der Waals surface area contributed by atoms with Crippen molar-refractivity contribution in [3.63, 3.8) is 0 Å². The molecule has 0 saturated carbocycles. The van der Waals surface area contributed by atoms with Gasteiger partial charge in [-0.25, -0.2) is 14.6 Å². The minimum absolute atomic E-state index is 0.00408. The van der Waals surface area contributed by atoms with Crippen LogP contribution in [0.1, 0.15) is 12.8 Å². The molecular weight excluding hydrogens is 466 g/mol. The highest BCUT2D eigenvalue weighted by Gasteiger charge is 2.24. The summed E-state index contributed by atoms with van der Waals surface area (Å²) in [4.78, 5) is 26.1. The van der Waals surface area contributed by atoms with E-state index in [0.29, 0.717) is 18.3 Å². The van der Waals surface area contributed by atoms with Crippen LogP contribution in [0.15, 0.2) is 79.8 Å². The number of ether oxygens (including phenoxy) is 1. The molecule has 9 nitrogen and oxygen atoms in total. The highest BCUT2D eigenvalue weighted by molar-refractivity contribution is 6.09. The average Bonchev–Trinajstić information content (AvgIpc) is 3.38. The van der Waals surface area contributed by atoms with Crippen LogP contribution in [0.4, 0.5) is 11.5 Å². The fraction of sp³-hybridized carbons (Fsp3) is 0.214. The molecule has 1 aliphatic rings. The van der Waals surface area contributed by atoms with Crippen molar-refractivity contribution in [2.24, 2.45) is 5.92 Å². The van der Waals surface area contributed by atoms with Crippen molar-refractivity contribution in [1.82, 2.24) is 29.6 Å². The zero-order valence-corrected chi connectivity index (χ0v) is 20.3. The summed E-state index contributed by atoms with van der Waals surface area (Å²) in [7, 11) is 0. The van der Waals surface area contributed by atoms with E-state index in [1.165, 1.54) is 6.08 Å². The number of aromatic nitrogens is 5. The normalized spacial score (nSPS) is 14.2. The van der Waals surface area contributed by atoms with Crippen molar-refractivity contribution < 1.29 is 9.53 Å². The van der Waals surface area contributed by atoms with E-state index >= 15 is 0 Å². The van der Waals surface area contributed by atoms with Gasteiger partial charge in [-0.05, 0) is 61.2 Å². The number of carbonyl (C=O) groups excluding carboxylic acids is 1. The predicted octanol–water partition coefficient (Wildman–Crippen LogP) is 5.27. The lowest BCUT2D eigenvalue weighted by atomic mass is 9.96. The topological polar surface area (TPSA) is 101 Å². The van der Waals surface area contributed by atoms with Crippen LogP contribution < -0.4 is 10.1 Å². The van der Waals surface area contributed by atoms with Gasteiger partial charge < -0.3 is 19.9 Å². The fourth-order valence-electron chi connectivity index (χ4n) is 4.83. The Morgan fingerprint density at radius 3 is 2.59 bits per heavy atom. The molecule has 1 amide bonds. The number of aromatic amines is 1. The number of amides is 1. The van der Waals surface area contributed by atoms with Crippen LogP contribution in [0.5, 0.6) is 11.5 Å². The standard InChI is InChI=1S/C28H27N7O2/c1-2-24(36)34-14-12-19(13-15-34)17-35-28-25-23(16-29-27(25)30-18-31-28)26(33-35)32-20-8-10-22(11-9-20)37-21-6-4-3-5-7-21/h2-11,16,18-19H,1,12-15,17H2,(H,32,33)(H,29,30,31). The van der Waals surface area contributed by atoms with Crippen molar-refractivity contribution in [3.05, 3.63) is 79.8 Å². The molecule has 1 fully saturated rings. The molecule has 5 aromatic rings. The van der Waals surface area contributed by atoms with Gasteiger partial charge in [-0.2, -0.15) is 5.10 Å². The monoisotopic (exact) mass is 493 g/mol. The zero-order valence-electron chi connectivity index (χ0n) is 20.3. The van der Waals surface area contributed by atoms with Gasteiger partial charge >= 0.3 is 0 Å². The molecule has 3 aromatic heterocycles. The minimum atomic E-state index is -0.00408. The summed E-state index contributed by atoms with van der Waals surface area (Å²) < 4.78 is 7.88. The van der Waals surface area contributed by atoms with Crippen LogP contribution in [0.2, 0.25) is 0 Å². The second-order valence-corrected chi connectivity index (χ2v) is 9.19. The zero-order chi connectivity index (χ0) is 25.2. The van der Waals surface area contributed by atoms with E-state index in [-0.39, 0.29) is 5.91 Å². The first-order chi connectivity index (χ1) is 18.2. The highest BCUT2D eigenvalue weighted by atomic mass is 16.5. The van der Waals surface area contributed by atoms with Gasteiger partial charge in [0.25, 0.3) is 0 Å². The molecule has 1 saturated heterocycles. The van der Waals surface area contributed by atoms with E-state index in [2.05, 4.69) is 26.8 Å². The highest BCUT2D eigenvalue weighted by Crippen LogP contribution is 2.32. The summed E-state index contributed by atoms with van der Waals surface area (Å²) in [6, 6.07) is 17.5. The Balaban J connectivity index is 1.26. The lowest BCUT2D eigenvalue weighted by Gasteiger charge is -2.31. The summed E-state index contributed by atoms with van der Waals surface area (Å²) in [5.74, 6) is 2.65. The Labute approximate surface area is 213 Å². The number of carbonyl (C=O) groups is 1. The lowest BCUT2D eigenvalue weighted by Crippen LogP contribution is -2.38. The van der Waals surface area contributed by atoms with Gasteiger partial charge in [0.1, 0.15) is 17.1 Å². The van der Waals surface area contributed by atoms with Gasteiger partial charge in [0.15, 0.2) is 11.5 Å². The molecule has 9 heteroatoms. The quantitative estimate of drug-likeness (QED) is 0.300. The van der Waals surface area contributed by atoms with Gasteiger partial charge in [0.05, 0.1) is 17.1 Å². The van der Waals surface area contributed by atoms with Crippen LogP contribution in [0.25, 0.3) is 22.1 Å². The second-order valence-electron chi connectivity index (χ2n) is 9.19. The summed E-state index contributed by atoms with van der Waals surface area (Å²) in [6.45, 7) is 5.77. The Morgan fingerprint density at radius 2 is 1.84 bits per heavy atom. The Hall–Kier alpha value is -4.66. The first-order valence-corrected chi connectivity index (χ1v) is 12.4. The lowest BCUT2D eigenvalue weighted by molar-refractivity contribution is -0.127. The molecule has 37 heavy (non-hydrogen) atoms. The largest absolute Gasteiger partial charge is 0.457 e. The Morgan fingerprint density at radius 1 is 1.08 bits per heavy atom. The number of hydrogen-bond acceptors (Lipinski definition) is 6. The Kier molecular flexibility index (Phi) is 6.02. The summed E-state index contributed by atoms with van der Waals surface area (Å²) >= 11 is 0. The molecule has 2 N–H and O–H groups in total. The third-order valence-corrected chi connectivity index (χ3v) is 6.79. The fourth-order valence-corrected chi connectivity index (χ4v) is 4.83. The number of H-pyrrole nitrogens is 1. The molecule has 4 heterocycles. The van der Waals surface area contributed by atoms with Crippen molar-refractivity contribution >= 4 is 39.5 Å². The first-order valence-electron chi connectivity index (χ1n) is 12.4. The van der Waals surface area contributed by atoms with Crippen molar-refractivity contribution in [2.75, 3.05) is 18.4 Å². The van der Waals surface area contributed by atoms with Gasteiger partial charge in [-0.3, -0.25) is 4.79 Å². The maximum atomic E-state index is 12.0. The molecule has 186 valence electrons. The van der Waals surface area contributed by atoms with E-state index in [1.54, 1.807) is 6.33 Å². The van der Waals surface area contributed by atoms with E-state index in [9.17, 15) is 4.79 Å². The molecule has 0 unspecified atom stereocenters. The molecule has 6 rings (SSSR count). The van der Waals surface area contributed by atoms with Crippen LogP contribution >= 0.6 is 0 Å².